The van der Waals surface area contributed by atoms with E-state index in [0.717, 1.165) is 11.4 Å². The van der Waals surface area contributed by atoms with Crippen LogP contribution in [0, 0.1) is 0 Å². The highest BCUT2D eigenvalue weighted by Gasteiger charge is 2.14. The molecule has 0 atom stereocenters. The van der Waals surface area contributed by atoms with Crippen molar-refractivity contribution in [1.82, 2.24) is 0 Å². The van der Waals surface area contributed by atoms with E-state index in [1.54, 1.807) is 18.2 Å². The monoisotopic (exact) mass is 308 g/mol. The van der Waals surface area contributed by atoms with E-state index in [0.29, 0.717) is 10.6 Å². The molecule has 0 saturated carbocycles. The van der Waals surface area contributed by atoms with Crippen molar-refractivity contribution >= 4 is 40.5 Å². The minimum absolute atomic E-state index is 0.258. The predicted octanol–water partition coefficient (Wildman–Crippen LogP) is 4.31. The Kier molecular flexibility index (Phi) is 4.53. The third-order valence-electron chi connectivity index (χ3n) is 2.83. The molecule has 0 aromatic heterocycles. The number of rotatable bonds is 3. The summed E-state index contributed by atoms with van der Waals surface area (Å²) < 4.78 is 0. The van der Waals surface area contributed by atoms with E-state index in [4.69, 9.17) is 23.2 Å². The average Bonchev–Trinajstić information content (AvgIpc) is 2.42. The number of amides is 1. The number of nitrogens with one attached hydrogen (secondary N) is 1. The average molecular weight is 309 g/mol. The summed E-state index contributed by atoms with van der Waals surface area (Å²) in [6, 6.07) is 12.5. The Morgan fingerprint density at radius 1 is 1.05 bits per heavy atom. The Hall–Kier alpha value is -1.71. The van der Waals surface area contributed by atoms with Gasteiger partial charge < -0.3 is 10.2 Å². The standard InChI is InChI=1S/C15H14Cl2N2O/c1-19(2)13-9-4-3-8-12(13)18-15(20)10-6-5-7-11(16)14(10)17/h3-9H,1-2H3,(H,18,20). The van der Waals surface area contributed by atoms with E-state index in [-0.39, 0.29) is 10.9 Å². The highest BCUT2D eigenvalue weighted by Crippen LogP contribution is 2.28. The molecule has 20 heavy (non-hydrogen) atoms. The Balaban J connectivity index is 2.31. The summed E-state index contributed by atoms with van der Waals surface area (Å²) in [5.74, 6) is -0.285. The molecule has 3 nitrogen and oxygen atoms in total. The SMILES string of the molecule is CN(C)c1ccccc1NC(=O)c1cccc(Cl)c1Cl. The maximum absolute atomic E-state index is 12.3. The van der Waals surface area contributed by atoms with Crippen LogP contribution in [0.15, 0.2) is 42.5 Å². The van der Waals surface area contributed by atoms with Crippen LogP contribution in [0.4, 0.5) is 11.4 Å². The van der Waals surface area contributed by atoms with E-state index in [1.165, 1.54) is 0 Å². The Labute approximate surface area is 128 Å². The van der Waals surface area contributed by atoms with Gasteiger partial charge in [0.1, 0.15) is 0 Å². The molecule has 1 amide bonds. The fourth-order valence-corrected chi connectivity index (χ4v) is 2.22. The molecule has 0 aliphatic carbocycles. The molecular formula is C15H14Cl2N2O. The van der Waals surface area contributed by atoms with Crippen molar-refractivity contribution in [3.05, 3.63) is 58.1 Å². The van der Waals surface area contributed by atoms with Gasteiger partial charge in [-0.1, -0.05) is 41.4 Å². The molecular weight excluding hydrogens is 295 g/mol. The van der Waals surface area contributed by atoms with E-state index in [9.17, 15) is 4.79 Å². The number of para-hydroxylation sites is 2. The first-order valence-electron chi connectivity index (χ1n) is 6.02. The lowest BCUT2D eigenvalue weighted by Crippen LogP contribution is -2.17. The summed E-state index contributed by atoms with van der Waals surface area (Å²) in [4.78, 5) is 14.2. The van der Waals surface area contributed by atoms with Crippen molar-refractivity contribution in [2.45, 2.75) is 0 Å². The normalized spacial score (nSPS) is 10.2. The number of hydrogen-bond donors (Lipinski definition) is 1. The number of anilines is 2. The number of benzene rings is 2. The van der Waals surface area contributed by atoms with Gasteiger partial charge in [-0.25, -0.2) is 0 Å². The molecule has 0 saturated heterocycles. The number of carbonyl (C=O) groups is 1. The minimum atomic E-state index is -0.285. The second kappa shape index (κ2) is 6.16. The van der Waals surface area contributed by atoms with Crippen LogP contribution in [0.3, 0.4) is 0 Å². The Morgan fingerprint density at radius 3 is 2.45 bits per heavy atom. The van der Waals surface area contributed by atoms with Gasteiger partial charge in [-0.2, -0.15) is 0 Å². The van der Waals surface area contributed by atoms with Crippen LogP contribution >= 0.6 is 23.2 Å². The molecule has 0 bridgehead atoms. The number of nitrogens with zero attached hydrogens (tertiary/aromatic N) is 1. The van der Waals surface area contributed by atoms with Gasteiger partial charge in [-0.15, -0.1) is 0 Å². The third kappa shape index (κ3) is 3.06. The molecule has 104 valence electrons. The first-order valence-corrected chi connectivity index (χ1v) is 6.78. The summed E-state index contributed by atoms with van der Waals surface area (Å²) >= 11 is 12.0. The first kappa shape index (κ1) is 14.7. The van der Waals surface area contributed by atoms with Crippen molar-refractivity contribution in [2.75, 3.05) is 24.3 Å². The van der Waals surface area contributed by atoms with Crippen LogP contribution in [0.1, 0.15) is 10.4 Å². The summed E-state index contributed by atoms with van der Waals surface area (Å²) in [6.07, 6.45) is 0. The van der Waals surface area contributed by atoms with Crippen molar-refractivity contribution in [3.8, 4) is 0 Å². The van der Waals surface area contributed by atoms with E-state index in [2.05, 4.69) is 5.32 Å². The molecule has 2 aromatic carbocycles. The second-order valence-electron chi connectivity index (χ2n) is 4.47. The topological polar surface area (TPSA) is 32.3 Å². The fraction of sp³-hybridized carbons (Fsp3) is 0.133. The zero-order valence-corrected chi connectivity index (χ0v) is 12.7. The largest absolute Gasteiger partial charge is 0.376 e. The Morgan fingerprint density at radius 2 is 1.75 bits per heavy atom. The van der Waals surface area contributed by atoms with Gasteiger partial charge in [0.15, 0.2) is 0 Å². The van der Waals surface area contributed by atoms with E-state index < -0.39 is 0 Å². The van der Waals surface area contributed by atoms with Gasteiger partial charge in [0.25, 0.3) is 5.91 Å². The molecule has 1 N–H and O–H groups in total. The lowest BCUT2D eigenvalue weighted by molar-refractivity contribution is 0.102. The van der Waals surface area contributed by atoms with Crippen molar-refractivity contribution in [2.24, 2.45) is 0 Å². The third-order valence-corrected chi connectivity index (χ3v) is 3.65. The Bertz CT molecular complexity index is 642. The maximum atomic E-state index is 12.3. The van der Waals surface area contributed by atoms with Gasteiger partial charge in [0.05, 0.1) is 27.0 Å². The van der Waals surface area contributed by atoms with Crippen molar-refractivity contribution < 1.29 is 4.79 Å². The zero-order chi connectivity index (χ0) is 14.7. The molecule has 0 radical (unpaired) electrons. The molecule has 2 aromatic rings. The number of hydrogen-bond acceptors (Lipinski definition) is 2. The quantitative estimate of drug-likeness (QED) is 0.916. The molecule has 5 heteroatoms. The molecule has 0 spiro atoms. The molecule has 2 rings (SSSR count). The summed E-state index contributed by atoms with van der Waals surface area (Å²) in [7, 11) is 3.83. The van der Waals surface area contributed by atoms with Gasteiger partial charge in [-0.3, -0.25) is 4.79 Å². The van der Waals surface area contributed by atoms with Gasteiger partial charge in [0, 0.05) is 14.1 Å². The smallest absolute Gasteiger partial charge is 0.257 e. The second-order valence-corrected chi connectivity index (χ2v) is 5.25. The van der Waals surface area contributed by atoms with Crippen LogP contribution in [-0.2, 0) is 0 Å². The van der Waals surface area contributed by atoms with E-state index in [1.807, 2.05) is 43.3 Å². The molecule has 0 heterocycles. The minimum Gasteiger partial charge on any atom is -0.376 e. The van der Waals surface area contributed by atoms with Crippen LogP contribution in [0.25, 0.3) is 0 Å². The highest BCUT2D eigenvalue weighted by atomic mass is 35.5. The summed E-state index contributed by atoms with van der Waals surface area (Å²) in [5, 5.41) is 3.47. The fourth-order valence-electron chi connectivity index (χ4n) is 1.84. The predicted molar refractivity (Wildman–Crippen MR) is 85.2 cm³/mol. The number of carbonyl (C=O) groups excluding carboxylic acids is 1. The lowest BCUT2D eigenvalue weighted by atomic mass is 10.2. The van der Waals surface area contributed by atoms with Gasteiger partial charge >= 0.3 is 0 Å². The van der Waals surface area contributed by atoms with E-state index >= 15 is 0 Å². The van der Waals surface area contributed by atoms with Crippen molar-refractivity contribution in [3.63, 3.8) is 0 Å². The van der Waals surface area contributed by atoms with Crippen molar-refractivity contribution in [1.29, 1.82) is 0 Å². The number of halogens is 2. The molecule has 0 unspecified atom stereocenters. The van der Waals surface area contributed by atoms with Gasteiger partial charge in [0.2, 0.25) is 0 Å². The maximum Gasteiger partial charge on any atom is 0.257 e. The zero-order valence-electron chi connectivity index (χ0n) is 11.2. The van der Waals surface area contributed by atoms with Crippen LogP contribution in [0.2, 0.25) is 10.0 Å². The summed E-state index contributed by atoms with van der Waals surface area (Å²) in [6.45, 7) is 0. The lowest BCUT2D eigenvalue weighted by Gasteiger charge is -2.18. The summed E-state index contributed by atoms with van der Waals surface area (Å²) in [5.41, 5.74) is 1.99. The van der Waals surface area contributed by atoms with Gasteiger partial charge in [-0.05, 0) is 24.3 Å². The molecule has 0 fully saturated rings. The molecule has 0 aliphatic rings. The van der Waals surface area contributed by atoms with Crippen LogP contribution < -0.4 is 10.2 Å². The van der Waals surface area contributed by atoms with Crippen LogP contribution in [0.5, 0.6) is 0 Å². The first-order chi connectivity index (χ1) is 9.50. The van der Waals surface area contributed by atoms with Crippen LogP contribution in [-0.4, -0.2) is 20.0 Å². The molecule has 0 aliphatic heterocycles. The highest BCUT2D eigenvalue weighted by molar-refractivity contribution is 6.44.